The molecular weight excluding hydrogens is 194 g/mol. The van der Waals surface area contributed by atoms with E-state index in [2.05, 4.69) is 6.92 Å². The van der Waals surface area contributed by atoms with Gasteiger partial charge >= 0.3 is 0 Å². The van der Waals surface area contributed by atoms with Crippen molar-refractivity contribution in [2.24, 2.45) is 0 Å². The van der Waals surface area contributed by atoms with Crippen molar-refractivity contribution in [3.05, 3.63) is 29.8 Å². The number of hydrogen-bond acceptors (Lipinski definition) is 2. The molecule has 2 nitrogen and oxygen atoms in total. The Hall–Kier alpha value is -0.830. The average Bonchev–Trinajstić information content (AvgIpc) is 2.19. The normalized spacial score (nSPS) is 15.0. The molecule has 1 unspecified atom stereocenters. The first-order chi connectivity index (χ1) is 6.60. The molecule has 1 aromatic rings. The van der Waals surface area contributed by atoms with E-state index in [-0.39, 0.29) is 0 Å². The van der Waals surface area contributed by atoms with Crippen LogP contribution in [0.1, 0.15) is 25.8 Å². The summed E-state index contributed by atoms with van der Waals surface area (Å²) in [5, 5.41) is 0. The van der Waals surface area contributed by atoms with E-state index in [1.165, 1.54) is 5.56 Å². The predicted octanol–water partition coefficient (Wildman–Crippen LogP) is 3.06. The van der Waals surface area contributed by atoms with Gasteiger partial charge in [0.25, 0.3) is 0 Å². The summed E-state index contributed by atoms with van der Waals surface area (Å²) in [5.41, 5.74) is 1.25. The zero-order valence-electron chi connectivity index (χ0n) is 8.75. The molecule has 0 bridgehead atoms. The largest absolute Gasteiger partial charge is 0.249 e. The number of aryl methyl sites for hydroxylation is 1. The van der Waals surface area contributed by atoms with Crippen molar-refractivity contribution >= 4 is 9.73 Å². The average molecular weight is 211 g/mol. The third-order valence-electron chi connectivity index (χ3n) is 2.25. The summed E-state index contributed by atoms with van der Waals surface area (Å²) in [6.45, 7) is 3.92. The highest BCUT2D eigenvalue weighted by Crippen LogP contribution is 2.13. The smallest absolute Gasteiger partial charge is 0.0723 e. The van der Waals surface area contributed by atoms with Crippen molar-refractivity contribution in [2.45, 2.75) is 31.6 Å². The Kier molecular flexibility index (Phi) is 3.69. The fraction of sp³-hybridized carbons (Fsp3) is 0.455. The SMILES string of the molecule is CCCc1ccc(S(=N)(=O)CC)cc1. The standard InChI is InChI=1S/C11H17NOS/c1-3-5-10-6-8-11(9-7-10)14(12,13)4-2/h6-9,12H,3-5H2,1-2H3. The van der Waals surface area contributed by atoms with Crippen LogP contribution < -0.4 is 0 Å². The van der Waals surface area contributed by atoms with Crippen LogP contribution in [-0.4, -0.2) is 9.96 Å². The fourth-order valence-electron chi connectivity index (χ4n) is 1.33. The van der Waals surface area contributed by atoms with E-state index >= 15 is 0 Å². The zero-order valence-corrected chi connectivity index (χ0v) is 9.56. The number of hydrogen-bond donors (Lipinski definition) is 1. The van der Waals surface area contributed by atoms with E-state index in [1.54, 1.807) is 6.92 Å². The summed E-state index contributed by atoms with van der Waals surface area (Å²) in [6.07, 6.45) is 2.16. The molecule has 0 spiro atoms. The lowest BCUT2D eigenvalue weighted by Crippen LogP contribution is -2.01. The third kappa shape index (κ3) is 2.58. The van der Waals surface area contributed by atoms with Gasteiger partial charge < -0.3 is 0 Å². The first-order valence-electron chi connectivity index (χ1n) is 4.95. The molecule has 0 fully saturated rings. The predicted molar refractivity (Wildman–Crippen MR) is 60.1 cm³/mol. The molecule has 0 saturated carbocycles. The van der Waals surface area contributed by atoms with Crippen molar-refractivity contribution in [3.8, 4) is 0 Å². The van der Waals surface area contributed by atoms with E-state index in [4.69, 9.17) is 4.78 Å². The minimum atomic E-state index is -2.53. The quantitative estimate of drug-likeness (QED) is 0.817. The van der Waals surface area contributed by atoms with Gasteiger partial charge in [-0.15, -0.1) is 0 Å². The van der Waals surface area contributed by atoms with Crippen molar-refractivity contribution in [1.29, 1.82) is 4.78 Å². The molecule has 0 heterocycles. The second kappa shape index (κ2) is 4.60. The van der Waals surface area contributed by atoms with Crippen LogP contribution in [0.5, 0.6) is 0 Å². The second-order valence-corrected chi connectivity index (χ2v) is 5.76. The minimum absolute atomic E-state index is 0.389. The minimum Gasteiger partial charge on any atom is -0.249 e. The first-order valence-corrected chi connectivity index (χ1v) is 6.68. The van der Waals surface area contributed by atoms with E-state index < -0.39 is 9.73 Å². The fourth-order valence-corrected chi connectivity index (χ4v) is 2.24. The van der Waals surface area contributed by atoms with Crippen LogP contribution in [0.3, 0.4) is 0 Å². The number of rotatable bonds is 4. The molecule has 0 aliphatic rings. The summed E-state index contributed by atoms with van der Waals surface area (Å²) >= 11 is 0. The Morgan fingerprint density at radius 2 is 1.79 bits per heavy atom. The van der Waals surface area contributed by atoms with Gasteiger partial charge in [-0.25, -0.2) is 8.99 Å². The molecule has 1 atom stereocenters. The molecule has 1 rings (SSSR count). The Morgan fingerprint density at radius 3 is 2.21 bits per heavy atom. The molecule has 14 heavy (non-hydrogen) atoms. The lowest BCUT2D eigenvalue weighted by molar-refractivity contribution is 0.675. The van der Waals surface area contributed by atoms with Crippen LogP contribution in [0.15, 0.2) is 29.2 Å². The maximum atomic E-state index is 11.7. The van der Waals surface area contributed by atoms with Crippen LogP contribution in [0, 0.1) is 4.78 Å². The van der Waals surface area contributed by atoms with Crippen LogP contribution in [0.25, 0.3) is 0 Å². The van der Waals surface area contributed by atoms with Gasteiger partial charge in [0, 0.05) is 10.6 Å². The molecule has 1 N–H and O–H groups in total. The van der Waals surface area contributed by atoms with Crippen molar-refractivity contribution in [1.82, 2.24) is 0 Å². The topological polar surface area (TPSA) is 40.9 Å². The zero-order chi connectivity index (χ0) is 10.6. The van der Waals surface area contributed by atoms with Gasteiger partial charge in [0.15, 0.2) is 0 Å². The second-order valence-electron chi connectivity index (χ2n) is 3.36. The Morgan fingerprint density at radius 1 is 1.21 bits per heavy atom. The van der Waals surface area contributed by atoms with Crippen LogP contribution in [0.2, 0.25) is 0 Å². The van der Waals surface area contributed by atoms with Crippen molar-refractivity contribution in [2.75, 3.05) is 5.75 Å². The van der Waals surface area contributed by atoms with Gasteiger partial charge in [-0.1, -0.05) is 32.4 Å². The highest BCUT2D eigenvalue weighted by molar-refractivity contribution is 7.92. The summed E-state index contributed by atoms with van der Waals surface area (Å²) in [6, 6.07) is 7.60. The molecule has 0 saturated heterocycles. The van der Waals surface area contributed by atoms with Crippen LogP contribution in [-0.2, 0) is 16.1 Å². The van der Waals surface area contributed by atoms with Crippen LogP contribution in [0.4, 0.5) is 0 Å². The van der Waals surface area contributed by atoms with Crippen LogP contribution >= 0.6 is 0 Å². The number of benzene rings is 1. The summed E-state index contributed by atoms with van der Waals surface area (Å²) in [5.74, 6) is 0.389. The van der Waals surface area contributed by atoms with E-state index in [0.29, 0.717) is 10.6 Å². The van der Waals surface area contributed by atoms with Gasteiger partial charge in [-0.3, -0.25) is 0 Å². The van der Waals surface area contributed by atoms with E-state index in [0.717, 1.165) is 12.8 Å². The van der Waals surface area contributed by atoms with Gasteiger partial charge in [0.05, 0.1) is 9.73 Å². The van der Waals surface area contributed by atoms with Crippen molar-refractivity contribution in [3.63, 3.8) is 0 Å². The Bertz CT molecular complexity index is 378. The maximum absolute atomic E-state index is 11.7. The number of nitrogens with one attached hydrogen (secondary N) is 1. The molecule has 0 aromatic heterocycles. The Labute approximate surface area is 86.3 Å². The highest BCUT2D eigenvalue weighted by Gasteiger charge is 2.06. The molecule has 3 heteroatoms. The van der Waals surface area contributed by atoms with Gasteiger partial charge in [0.2, 0.25) is 0 Å². The first kappa shape index (κ1) is 11.2. The molecular formula is C11H17NOS. The molecule has 78 valence electrons. The summed E-state index contributed by atoms with van der Waals surface area (Å²) in [7, 11) is -2.53. The monoisotopic (exact) mass is 211 g/mol. The van der Waals surface area contributed by atoms with Gasteiger partial charge in [0.1, 0.15) is 0 Å². The van der Waals surface area contributed by atoms with Gasteiger partial charge in [-0.2, -0.15) is 0 Å². The maximum Gasteiger partial charge on any atom is 0.0723 e. The molecule has 0 radical (unpaired) electrons. The Balaban J connectivity index is 2.94. The molecule has 1 aromatic carbocycles. The molecule has 0 amide bonds. The summed E-state index contributed by atoms with van der Waals surface area (Å²) in [4.78, 5) is 0.653. The van der Waals surface area contributed by atoms with Gasteiger partial charge in [-0.05, 0) is 24.1 Å². The van der Waals surface area contributed by atoms with Crippen molar-refractivity contribution < 1.29 is 4.21 Å². The highest BCUT2D eigenvalue weighted by atomic mass is 32.2. The molecule has 0 aliphatic carbocycles. The summed E-state index contributed by atoms with van der Waals surface area (Å²) < 4.78 is 19.3. The lowest BCUT2D eigenvalue weighted by atomic mass is 10.1. The van der Waals surface area contributed by atoms with E-state index in [1.807, 2.05) is 24.3 Å². The lowest BCUT2D eigenvalue weighted by Gasteiger charge is -2.05. The molecule has 0 aliphatic heterocycles. The third-order valence-corrected chi connectivity index (χ3v) is 4.10. The van der Waals surface area contributed by atoms with E-state index in [9.17, 15) is 4.21 Å².